The van der Waals surface area contributed by atoms with Crippen LogP contribution in [0, 0.1) is 11.7 Å². The number of benzene rings is 1. The van der Waals surface area contributed by atoms with Gasteiger partial charge in [-0.25, -0.2) is 9.18 Å². The van der Waals surface area contributed by atoms with E-state index in [4.69, 9.17) is 4.74 Å². The van der Waals surface area contributed by atoms with Crippen LogP contribution in [0.25, 0.3) is 0 Å². The normalized spacial score (nSPS) is 25.4. The van der Waals surface area contributed by atoms with Gasteiger partial charge < -0.3 is 15.0 Å². The number of hydrogen-bond acceptors (Lipinski definition) is 4. The number of nitrogens with zero attached hydrogens (tertiary/aromatic N) is 2. The largest absolute Gasteiger partial charge is 0.481 e. The fraction of sp³-hybridized carbons (Fsp3) is 0.571. The van der Waals surface area contributed by atoms with Gasteiger partial charge in [0.2, 0.25) is 5.91 Å². The first-order chi connectivity index (χ1) is 14.0. The Balaban J connectivity index is 1.31. The lowest BCUT2D eigenvalue weighted by atomic mass is 9.81. The second-order valence-electron chi connectivity index (χ2n) is 7.99. The van der Waals surface area contributed by atoms with Gasteiger partial charge in [0, 0.05) is 25.2 Å². The third-order valence-corrected chi connectivity index (χ3v) is 6.22. The Morgan fingerprint density at radius 1 is 1.10 bits per heavy atom. The fourth-order valence-corrected chi connectivity index (χ4v) is 4.62. The zero-order valence-electron chi connectivity index (χ0n) is 16.3. The van der Waals surface area contributed by atoms with Crippen LogP contribution in [0.3, 0.4) is 0 Å². The second kappa shape index (κ2) is 8.39. The molecule has 0 radical (unpaired) electrons. The second-order valence-corrected chi connectivity index (χ2v) is 7.99. The molecule has 2 saturated heterocycles. The molecule has 4 amide bonds. The molecular formula is C21H26FN3O4. The zero-order chi connectivity index (χ0) is 20.4. The number of halogens is 1. The van der Waals surface area contributed by atoms with Gasteiger partial charge in [-0.15, -0.1) is 0 Å². The number of para-hydroxylation sites is 1. The lowest BCUT2D eigenvalue weighted by molar-refractivity contribution is -0.140. The van der Waals surface area contributed by atoms with Crippen LogP contribution in [0.1, 0.15) is 38.5 Å². The highest BCUT2D eigenvalue weighted by atomic mass is 19.1. The van der Waals surface area contributed by atoms with Crippen LogP contribution >= 0.6 is 0 Å². The average molecular weight is 403 g/mol. The predicted molar refractivity (Wildman–Crippen MR) is 103 cm³/mol. The number of likely N-dealkylation sites (tertiary alicyclic amines) is 1. The minimum absolute atomic E-state index is 0.0304. The Bertz CT molecular complexity index is 794. The molecule has 2 unspecified atom stereocenters. The van der Waals surface area contributed by atoms with E-state index in [2.05, 4.69) is 5.32 Å². The van der Waals surface area contributed by atoms with E-state index in [1.807, 2.05) is 0 Å². The number of urea groups is 1. The summed E-state index contributed by atoms with van der Waals surface area (Å²) in [6, 6.07) is 5.44. The Labute approximate surface area is 169 Å². The van der Waals surface area contributed by atoms with Crippen molar-refractivity contribution in [3.05, 3.63) is 30.1 Å². The van der Waals surface area contributed by atoms with Gasteiger partial charge in [-0.3, -0.25) is 14.5 Å². The first-order valence-corrected chi connectivity index (χ1v) is 10.3. The van der Waals surface area contributed by atoms with Crippen LogP contribution in [-0.4, -0.2) is 59.4 Å². The number of imide groups is 1. The molecule has 1 saturated carbocycles. The number of nitrogens with one attached hydrogen (secondary N) is 1. The molecule has 7 nitrogen and oxygen atoms in total. The van der Waals surface area contributed by atoms with Gasteiger partial charge in [0.15, 0.2) is 18.2 Å². The molecule has 2 aliphatic heterocycles. The van der Waals surface area contributed by atoms with Crippen LogP contribution in [0.2, 0.25) is 0 Å². The molecule has 0 spiro atoms. The molecule has 29 heavy (non-hydrogen) atoms. The van der Waals surface area contributed by atoms with Gasteiger partial charge in [-0.05, 0) is 37.8 Å². The van der Waals surface area contributed by atoms with Crippen LogP contribution in [0.15, 0.2) is 24.3 Å². The van der Waals surface area contributed by atoms with E-state index in [1.165, 1.54) is 17.0 Å². The summed E-state index contributed by atoms with van der Waals surface area (Å²) in [5.74, 6) is -0.863. The summed E-state index contributed by atoms with van der Waals surface area (Å²) >= 11 is 0. The molecule has 1 N–H and O–H groups in total. The van der Waals surface area contributed by atoms with Gasteiger partial charge in [-0.1, -0.05) is 25.0 Å². The maximum Gasteiger partial charge on any atom is 0.324 e. The Morgan fingerprint density at radius 2 is 1.83 bits per heavy atom. The molecule has 2 heterocycles. The standard InChI is InChI=1S/C21H26FN3O4/c22-16-6-2-4-8-18(16)29-13-19(26)24-11-9-14(10-12-24)25-20(27)15-5-1-3-7-17(15)23-21(25)28/h2,4,6,8,14-15,17H,1,3,5,7,9-13H2,(H,23,28). The number of rotatable bonds is 4. The minimum Gasteiger partial charge on any atom is -0.481 e. The van der Waals surface area contributed by atoms with Crippen molar-refractivity contribution in [2.75, 3.05) is 19.7 Å². The highest BCUT2D eigenvalue weighted by Crippen LogP contribution is 2.31. The molecular weight excluding hydrogens is 377 g/mol. The van der Waals surface area contributed by atoms with E-state index < -0.39 is 5.82 Å². The summed E-state index contributed by atoms with van der Waals surface area (Å²) in [6.07, 6.45) is 4.84. The number of amides is 4. The maximum absolute atomic E-state index is 13.6. The molecule has 4 rings (SSSR count). The van der Waals surface area contributed by atoms with E-state index in [0.717, 1.165) is 25.7 Å². The molecule has 156 valence electrons. The topological polar surface area (TPSA) is 79.0 Å². The zero-order valence-corrected chi connectivity index (χ0v) is 16.3. The molecule has 3 fully saturated rings. The van der Waals surface area contributed by atoms with Crippen molar-refractivity contribution in [1.29, 1.82) is 0 Å². The molecule has 1 aromatic carbocycles. The first kappa shape index (κ1) is 19.7. The van der Waals surface area contributed by atoms with Crippen LogP contribution in [0.5, 0.6) is 5.75 Å². The van der Waals surface area contributed by atoms with E-state index in [9.17, 15) is 18.8 Å². The summed E-state index contributed by atoms with van der Waals surface area (Å²) in [4.78, 5) is 40.9. The Morgan fingerprint density at radius 3 is 2.59 bits per heavy atom. The maximum atomic E-state index is 13.6. The van der Waals surface area contributed by atoms with Crippen LogP contribution < -0.4 is 10.1 Å². The third-order valence-electron chi connectivity index (χ3n) is 6.22. The summed E-state index contributed by atoms with van der Waals surface area (Å²) in [7, 11) is 0. The van der Waals surface area contributed by atoms with Crippen molar-refractivity contribution < 1.29 is 23.5 Å². The van der Waals surface area contributed by atoms with E-state index in [1.54, 1.807) is 17.0 Å². The van der Waals surface area contributed by atoms with E-state index >= 15 is 0 Å². The van der Waals surface area contributed by atoms with Crippen molar-refractivity contribution in [2.24, 2.45) is 5.92 Å². The number of piperidine rings is 1. The molecule has 0 aromatic heterocycles. The number of hydrogen-bond donors (Lipinski definition) is 1. The summed E-state index contributed by atoms with van der Waals surface area (Å²) < 4.78 is 18.9. The van der Waals surface area contributed by atoms with E-state index in [-0.39, 0.29) is 48.2 Å². The van der Waals surface area contributed by atoms with Crippen molar-refractivity contribution >= 4 is 17.8 Å². The lowest BCUT2D eigenvalue weighted by Gasteiger charge is -2.44. The number of fused-ring (bicyclic) bond motifs is 1. The van der Waals surface area contributed by atoms with Gasteiger partial charge in [0.25, 0.3) is 5.91 Å². The monoisotopic (exact) mass is 403 g/mol. The highest BCUT2D eigenvalue weighted by Gasteiger charge is 2.45. The van der Waals surface area contributed by atoms with Crippen molar-refractivity contribution in [2.45, 2.75) is 50.6 Å². The summed E-state index contributed by atoms with van der Waals surface area (Å²) in [6.45, 7) is 0.642. The van der Waals surface area contributed by atoms with Crippen molar-refractivity contribution in [3.63, 3.8) is 0 Å². The third kappa shape index (κ3) is 4.06. The van der Waals surface area contributed by atoms with E-state index in [0.29, 0.717) is 25.9 Å². The SMILES string of the molecule is O=C(COc1ccccc1F)N1CCC(N2C(=O)NC3CCCCC3C2=O)CC1. The van der Waals surface area contributed by atoms with Crippen LogP contribution in [0.4, 0.5) is 9.18 Å². The quantitative estimate of drug-likeness (QED) is 0.837. The molecule has 3 aliphatic rings. The van der Waals surface area contributed by atoms with Crippen LogP contribution in [-0.2, 0) is 9.59 Å². The molecule has 2 atom stereocenters. The molecule has 0 bridgehead atoms. The molecule has 1 aliphatic carbocycles. The smallest absolute Gasteiger partial charge is 0.324 e. The van der Waals surface area contributed by atoms with Gasteiger partial charge in [0.05, 0.1) is 5.92 Å². The fourth-order valence-electron chi connectivity index (χ4n) is 4.62. The summed E-state index contributed by atoms with van der Waals surface area (Å²) in [5, 5.41) is 3.00. The minimum atomic E-state index is -0.505. The highest BCUT2D eigenvalue weighted by molar-refractivity contribution is 5.99. The average Bonchev–Trinajstić information content (AvgIpc) is 2.73. The lowest BCUT2D eigenvalue weighted by Crippen LogP contribution is -2.64. The first-order valence-electron chi connectivity index (χ1n) is 10.3. The van der Waals surface area contributed by atoms with Gasteiger partial charge in [0.1, 0.15) is 0 Å². The van der Waals surface area contributed by atoms with Crippen molar-refractivity contribution in [1.82, 2.24) is 15.1 Å². The molecule has 8 heteroatoms. The Kier molecular flexibility index (Phi) is 5.69. The summed E-state index contributed by atoms with van der Waals surface area (Å²) in [5.41, 5.74) is 0. The van der Waals surface area contributed by atoms with Gasteiger partial charge >= 0.3 is 6.03 Å². The molecule has 1 aromatic rings. The number of ether oxygens (including phenoxy) is 1. The predicted octanol–water partition coefficient (Wildman–Crippen LogP) is 2.31. The van der Waals surface area contributed by atoms with Gasteiger partial charge in [-0.2, -0.15) is 0 Å². The number of carbonyl (C=O) groups is 3. The Hall–Kier alpha value is -2.64. The van der Waals surface area contributed by atoms with Crippen molar-refractivity contribution in [3.8, 4) is 5.75 Å². The number of carbonyl (C=O) groups excluding carboxylic acids is 3.